The fourth-order valence-corrected chi connectivity index (χ4v) is 1.92. The number of aromatic nitrogens is 1. The smallest absolute Gasteiger partial charge is 0.131 e. The van der Waals surface area contributed by atoms with Crippen molar-refractivity contribution in [1.82, 2.24) is 4.98 Å². The minimum atomic E-state index is -0.441. The van der Waals surface area contributed by atoms with Crippen molar-refractivity contribution in [3.63, 3.8) is 0 Å². The minimum absolute atomic E-state index is 0.441. The highest BCUT2D eigenvalue weighted by Crippen LogP contribution is 2.26. The molecule has 0 radical (unpaired) electrons. The van der Waals surface area contributed by atoms with E-state index in [0.29, 0.717) is 5.92 Å². The molecule has 2 nitrogen and oxygen atoms in total. The number of rotatable bonds is 3. The molecule has 0 fully saturated rings. The van der Waals surface area contributed by atoms with Gasteiger partial charge in [-0.2, -0.15) is 0 Å². The maximum absolute atomic E-state index is 10.8. The van der Waals surface area contributed by atoms with Gasteiger partial charge >= 0.3 is 0 Å². The molecule has 0 saturated carbocycles. The molecule has 1 aromatic rings. The standard InChI is InChI=1S/C10H15NOS/c1-7(2)9-11-8(5-13-9)10(3,4)6-12/h5-7H,1-4H3. The van der Waals surface area contributed by atoms with Crippen molar-refractivity contribution < 1.29 is 4.79 Å². The molecule has 0 aromatic carbocycles. The minimum Gasteiger partial charge on any atom is -0.302 e. The molecular formula is C10H15NOS. The first-order valence-corrected chi connectivity index (χ1v) is 5.27. The van der Waals surface area contributed by atoms with Crippen LogP contribution in [0.15, 0.2) is 5.38 Å². The van der Waals surface area contributed by atoms with E-state index in [2.05, 4.69) is 18.8 Å². The molecule has 0 aliphatic heterocycles. The van der Waals surface area contributed by atoms with Crippen molar-refractivity contribution in [3.05, 3.63) is 16.1 Å². The van der Waals surface area contributed by atoms with Gasteiger partial charge in [0, 0.05) is 11.3 Å². The highest BCUT2D eigenvalue weighted by Gasteiger charge is 2.23. The van der Waals surface area contributed by atoms with E-state index in [1.165, 1.54) is 0 Å². The molecule has 0 atom stereocenters. The van der Waals surface area contributed by atoms with Gasteiger partial charge in [0.15, 0.2) is 0 Å². The predicted molar refractivity (Wildman–Crippen MR) is 55.3 cm³/mol. The second-order valence-electron chi connectivity index (χ2n) is 4.07. The van der Waals surface area contributed by atoms with E-state index < -0.39 is 5.41 Å². The van der Waals surface area contributed by atoms with E-state index in [9.17, 15) is 4.79 Å². The van der Waals surface area contributed by atoms with Gasteiger partial charge in [-0.3, -0.25) is 0 Å². The van der Waals surface area contributed by atoms with Crippen LogP contribution in [0, 0.1) is 0 Å². The number of hydrogen-bond donors (Lipinski definition) is 0. The van der Waals surface area contributed by atoms with E-state index in [0.717, 1.165) is 17.0 Å². The van der Waals surface area contributed by atoms with Crippen molar-refractivity contribution >= 4 is 17.6 Å². The topological polar surface area (TPSA) is 30.0 Å². The normalized spacial score (nSPS) is 12.1. The Hall–Kier alpha value is -0.700. The van der Waals surface area contributed by atoms with Gasteiger partial charge in [0.05, 0.1) is 16.1 Å². The molecular weight excluding hydrogens is 182 g/mol. The predicted octanol–water partition coefficient (Wildman–Crippen LogP) is 2.74. The van der Waals surface area contributed by atoms with Gasteiger partial charge in [-0.05, 0) is 13.8 Å². The zero-order valence-electron chi connectivity index (χ0n) is 8.50. The summed E-state index contributed by atoms with van der Waals surface area (Å²) in [6.45, 7) is 7.99. The molecule has 1 rings (SSSR count). The third kappa shape index (κ3) is 2.15. The summed E-state index contributed by atoms with van der Waals surface area (Å²) in [4.78, 5) is 15.2. The molecule has 0 bridgehead atoms. The Kier molecular flexibility index (Phi) is 2.86. The van der Waals surface area contributed by atoms with E-state index in [1.807, 2.05) is 19.2 Å². The molecule has 0 aliphatic carbocycles. The molecule has 0 saturated heterocycles. The fourth-order valence-electron chi connectivity index (χ4n) is 0.909. The molecule has 13 heavy (non-hydrogen) atoms. The molecule has 3 heteroatoms. The number of carbonyl (C=O) groups excluding carboxylic acids is 1. The van der Waals surface area contributed by atoms with Gasteiger partial charge in [0.2, 0.25) is 0 Å². The van der Waals surface area contributed by atoms with Crippen LogP contribution in [0.25, 0.3) is 0 Å². The second-order valence-corrected chi connectivity index (χ2v) is 4.95. The van der Waals surface area contributed by atoms with Crippen LogP contribution in [-0.4, -0.2) is 11.3 Å². The first kappa shape index (κ1) is 10.4. The van der Waals surface area contributed by atoms with Crippen LogP contribution in [0.4, 0.5) is 0 Å². The number of nitrogens with zero attached hydrogens (tertiary/aromatic N) is 1. The van der Waals surface area contributed by atoms with Crippen molar-refractivity contribution in [2.75, 3.05) is 0 Å². The van der Waals surface area contributed by atoms with Crippen molar-refractivity contribution in [3.8, 4) is 0 Å². The van der Waals surface area contributed by atoms with E-state index in [-0.39, 0.29) is 0 Å². The molecule has 0 aliphatic rings. The molecule has 72 valence electrons. The number of carbonyl (C=O) groups is 1. The van der Waals surface area contributed by atoms with Crippen LogP contribution in [0.5, 0.6) is 0 Å². The molecule has 0 unspecified atom stereocenters. The summed E-state index contributed by atoms with van der Waals surface area (Å²) in [6, 6.07) is 0. The maximum Gasteiger partial charge on any atom is 0.131 e. The Labute approximate surface area is 83.0 Å². The summed E-state index contributed by atoms with van der Waals surface area (Å²) < 4.78 is 0. The maximum atomic E-state index is 10.8. The zero-order valence-corrected chi connectivity index (χ0v) is 9.31. The highest BCUT2D eigenvalue weighted by molar-refractivity contribution is 7.09. The number of thiazole rings is 1. The monoisotopic (exact) mass is 197 g/mol. The lowest BCUT2D eigenvalue weighted by Crippen LogP contribution is -2.19. The summed E-state index contributed by atoms with van der Waals surface area (Å²) in [5.41, 5.74) is 0.445. The lowest BCUT2D eigenvalue weighted by Gasteiger charge is -2.12. The first-order valence-electron chi connectivity index (χ1n) is 4.39. The van der Waals surface area contributed by atoms with Crippen molar-refractivity contribution in [2.24, 2.45) is 0 Å². The van der Waals surface area contributed by atoms with Gasteiger partial charge in [-0.15, -0.1) is 11.3 Å². The first-order chi connectivity index (χ1) is 5.97. The third-order valence-electron chi connectivity index (χ3n) is 1.97. The zero-order chi connectivity index (χ0) is 10.1. The molecule has 0 spiro atoms. The summed E-state index contributed by atoms with van der Waals surface area (Å²) >= 11 is 1.63. The molecule has 0 N–H and O–H groups in total. The van der Waals surface area contributed by atoms with Crippen LogP contribution in [0.2, 0.25) is 0 Å². The Morgan fingerprint density at radius 1 is 1.54 bits per heavy atom. The third-order valence-corrected chi connectivity index (χ3v) is 3.12. The Balaban J connectivity index is 2.98. The van der Waals surface area contributed by atoms with Crippen LogP contribution in [-0.2, 0) is 10.2 Å². The van der Waals surface area contributed by atoms with Crippen LogP contribution in [0.3, 0.4) is 0 Å². The molecule has 1 aromatic heterocycles. The highest BCUT2D eigenvalue weighted by atomic mass is 32.1. The number of hydrogen-bond acceptors (Lipinski definition) is 3. The van der Waals surface area contributed by atoms with Gasteiger partial charge in [-0.25, -0.2) is 4.98 Å². The lowest BCUT2D eigenvalue weighted by molar-refractivity contribution is -0.111. The Morgan fingerprint density at radius 2 is 2.15 bits per heavy atom. The van der Waals surface area contributed by atoms with Crippen LogP contribution in [0.1, 0.15) is 44.3 Å². The average molecular weight is 197 g/mol. The quantitative estimate of drug-likeness (QED) is 0.697. The van der Waals surface area contributed by atoms with E-state index in [1.54, 1.807) is 11.3 Å². The second kappa shape index (κ2) is 3.58. The molecule has 0 amide bonds. The summed E-state index contributed by atoms with van der Waals surface area (Å²) in [6.07, 6.45) is 0.951. The lowest BCUT2D eigenvalue weighted by atomic mass is 9.92. The van der Waals surface area contributed by atoms with Gasteiger partial charge in [0.25, 0.3) is 0 Å². The summed E-state index contributed by atoms with van der Waals surface area (Å²) in [5.74, 6) is 0.446. The van der Waals surface area contributed by atoms with E-state index >= 15 is 0 Å². The SMILES string of the molecule is CC(C)c1nc(C(C)(C)C=O)cs1. The van der Waals surface area contributed by atoms with Crippen molar-refractivity contribution in [2.45, 2.75) is 39.0 Å². The average Bonchev–Trinajstić information content (AvgIpc) is 2.52. The van der Waals surface area contributed by atoms with E-state index in [4.69, 9.17) is 0 Å². The van der Waals surface area contributed by atoms with Crippen LogP contribution >= 0.6 is 11.3 Å². The summed E-state index contributed by atoms with van der Waals surface area (Å²) in [7, 11) is 0. The van der Waals surface area contributed by atoms with Crippen LogP contribution < -0.4 is 0 Å². The van der Waals surface area contributed by atoms with Gasteiger partial charge < -0.3 is 4.79 Å². The van der Waals surface area contributed by atoms with Gasteiger partial charge in [-0.1, -0.05) is 13.8 Å². The summed E-state index contributed by atoms with van der Waals surface area (Å²) in [5, 5.41) is 3.08. The largest absolute Gasteiger partial charge is 0.302 e. The number of aldehydes is 1. The Morgan fingerprint density at radius 3 is 2.54 bits per heavy atom. The Bertz CT molecular complexity index is 302. The van der Waals surface area contributed by atoms with Gasteiger partial charge in [0.1, 0.15) is 6.29 Å². The molecule has 1 heterocycles. The van der Waals surface area contributed by atoms with Crippen molar-refractivity contribution in [1.29, 1.82) is 0 Å². The fraction of sp³-hybridized carbons (Fsp3) is 0.600.